The largest absolute Gasteiger partial charge is 0.461 e. The summed E-state index contributed by atoms with van der Waals surface area (Å²) in [5.74, 6) is -0.274. The van der Waals surface area contributed by atoms with Crippen LogP contribution in [0.25, 0.3) is 10.9 Å². The van der Waals surface area contributed by atoms with Gasteiger partial charge in [-0.05, 0) is 23.8 Å². The Hall–Kier alpha value is -1.48. The third-order valence-corrected chi connectivity index (χ3v) is 2.89. The van der Waals surface area contributed by atoms with E-state index >= 15 is 0 Å². The number of carbonyl (C=O) groups is 1. The fourth-order valence-corrected chi connectivity index (χ4v) is 2.14. The van der Waals surface area contributed by atoms with Crippen LogP contribution in [0, 0.1) is 0 Å². The van der Waals surface area contributed by atoms with Crippen LogP contribution in [0.3, 0.4) is 0 Å². The number of fused-ring (bicyclic) bond motifs is 3. The third-order valence-electron chi connectivity index (χ3n) is 2.66. The molecule has 3 rings (SSSR count). The van der Waals surface area contributed by atoms with Crippen LogP contribution in [0.5, 0.6) is 0 Å². The molecule has 1 aromatic heterocycles. The number of nitrogens with one attached hydrogen (secondary N) is 1. The molecular weight excluding hydrogens is 214 g/mol. The molecule has 3 nitrogen and oxygen atoms in total. The third kappa shape index (κ3) is 1.23. The fraction of sp³-hybridized carbons (Fsp3) is 0.182. The highest BCUT2D eigenvalue weighted by atomic mass is 35.5. The van der Waals surface area contributed by atoms with Gasteiger partial charge in [0.25, 0.3) is 0 Å². The molecule has 0 bridgehead atoms. The lowest BCUT2D eigenvalue weighted by Crippen LogP contribution is -2.16. The van der Waals surface area contributed by atoms with E-state index in [1.807, 2.05) is 12.1 Å². The number of aromatic nitrogens is 1. The number of hydrogen-bond acceptors (Lipinski definition) is 2. The van der Waals surface area contributed by atoms with Crippen molar-refractivity contribution in [2.24, 2.45) is 0 Å². The van der Waals surface area contributed by atoms with E-state index in [0.29, 0.717) is 17.3 Å². The highest BCUT2D eigenvalue weighted by Crippen LogP contribution is 2.28. The number of H-pyrrole nitrogens is 1. The van der Waals surface area contributed by atoms with Crippen LogP contribution in [-0.2, 0) is 11.2 Å². The summed E-state index contributed by atoms with van der Waals surface area (Å²) >= 11 is 5.92. The summed E-state index contributed by atoms with van der Waals surface area (Å²) < 4.78 is 4.96. The summed E-state index contributed by atoms with van der Waals surface area (Å²) in [6, 6.07) is 5.56. The Kier molecular flexibility index (Phi) is 1.76. The molecule has 2 heterocycles. The van der Waals surface area contributed by atoms with E-state index in [1.54, 1.807) is 6.07 Å². The second kappa shape index (κ2) is 3.00. The predicted molar refractivity (Wildman–Crippen MR) is 57.3 cm³/mol. The molecule has 1 N–H and O–H groups in total. The van der Waals surface area contributed by atoms with E-state index < -0.39 is 0 Å². The Labute approximate surface area is 91.0 Å². The Morgan fingerprint density at radius 2 is 2.27 bits per heavy atom. The van der Waals surface area contributed by atoms with Gasteiger partial charge in [0.2, 0.25) is 0 Å². The summed E-state index contributed by atoms with van der Waals surface area (Å²) in [4.78, 5) is 14.5. The zero-order valence-electron chi connectivity index (χ0n) is 7.84. The Morgan fingerprint density at radius 3 is 3.13 bits per heavy atom. The second-order valence-electron chi connectivity index (χ2n) is 3.55. The molecule has 1 aliphatic heterocycles. The second-order valence-corrected chi connectivity index (χ2v) is 3.99. The van der Waals surface area contributed by atoms with Crippen LogP contribution in [-0.4, -0.2) is 17.6 Å². The van der Waals surface area contributed by atoms with Gasteiger partial charge in [0.05, 0.1) is 6.61 Å². The molecule has 0 saturated heterocycles. The standard InChI is InChI=1S/C11H8ClNO2/c12-6-1-2-9-8(5-6)7-3-4-15-11(14)10(7)13-9/h1-2,5,13H,3-4H2. The van der Waals surface area contributed by atoms with Crippen molar-refractivity contribution in [1.29, 1.82) is 0 Å². The Bertz CT molecular complexity index is 559. The first-order chi connectivity index (χ1) is 7.25. The SMILES string of the molecule is O=C1OCCc2c1[nH]c1ccc(Cl)cc21. The van der Waals surface area contributed by atoms with Gasteiger partial charge in [-0.3, -0.25) is 0 Å². The minimum atomic E-state index is -0.274. The van der Waals surface area contributed by atoms with Gasteiger partial charge in [-0.2, -0.15) is 0 Å². The molecule has 15 heavy (non-hydrogen) atoms. The van der Waals surface area contributed by atoms with Gasteiger partial charge in [0.1, 0.15) is 5.69 Å². The molecule has 1 aromatic carbocycles. The number of halogens is 1. The maximum atomic E-state index is 11.5. The van der Waals surface area contributed by atoms with Crippen LogP contribution >= 0.6 is 11.6 Å². The molecule has 4 heteroatoms. The molecule has 0 unspecified atom stereocenters. The lowest BCUT2D eigenvalue weighted by molar-refractivity contribution is 0.0475. The van der Waals surface area contributed by atoms with Crippen molar-refractivity contribution in [3.63, 3.8) is 0 Å². The van der Waals surface area contributed by atoms with Crippen molar-refractivity contribution in [1.82, 2.24) is 4.98 Å². The van der Waals surface area contributed by atoms with Crippen molar-refractivity contribution >= 4 is 28.5 Å². The summed E-state index contributed by atoms with van der Waals surface area (Å²) in [7, 11) is 0. The normalized spacial score (nSPS) is 15.1. The van der Waals surface area contributed by atoms with Gasteiger partial charge < -0.3 is 9.72 Å². The zero-order valence-corrected chi connectivity index (χ0v) is 8.60. The molecule has 0 saturated carbocycles. The van der Waals surface area contributed by atoms with Gasteiger partial charge in [-0.1, -0.05) is 11.6 Å². The predicted octanol–water partition coefficient (Wildman–Crippen LogP) is 2.53. The van der Waals surface area contributed by atoms with Crippen molar-refractivity contribution in [2.75, 3.05) is 6.61 Å². The maximum Gasteiger partial charge on any atom is 0.355 e. The molecular formula is C11H8ClNO2. The van der Waals surface area contributed by atoms with Crippen LogP contribution in [0.15, 0.2) is 18.2 Å². The van der Waals surface area contributed by atoms with E-state index in [0.717, 1.165) is 22.9 Å². The number of rotatable bonds is 0. The number of hydrogen-bond donors (Lipinski definition) is 1. The number of carbonyl (C=O) groups excluding carboxylic acids is 1. The van der Waals surface area contributed by atoms with Crippen LogP contribution in [0.4, 0.5) is 0 Å². The fourth-order valence-electron chi connectivity index (χ4n) is 1.97. The monoisotopic (exact) mass is 221 g/mol. The van der Waals surface area contributed by atoms with Crippen molar-refractivity contribution in [2.45, 2.75) is 6.42 Å². The molecule has 0 spiro atoms. The molecule has 76 valence electrons. The summed E-state index contributed by atoms with van der Waals surface area (Å²) in [5.41, 5.74) is 2.52. The molecule has 0 aliphatic carbocycles. The minimum absolute atomic E-state index is 0.274. The summed E-state index contributed by atoms with van der Waals surface area (Å²) in [6.45, 7) is 0.450. The van der Waals surface area contributed by atoms with Crippen molar-refractivity contribution in [3.8, 4) is 0 Å². The van der Waals surface area contributed by atoms with Gasteiger partial charge in [-0.15, -0.1) is 0 Å². The maximum absolute atomic E-state index is 11.5. The van der Waals surface area contributed by atoms with E-state index in [-0.39, 0.29) is 5.97 Å². The minimum Gasteiger partial charge on any atom is -0.461 e. The highest BCUT2D eigenvalue weighted by molar-refractivity contribution is 6.31. The molecule has 0 atom stereocenters. The van der Waals surface area contributed by atoms with Crippen molar-refractivity contribution in [3.05, 3.63) is 34.5 Å². The van der Waals surface area contributed by atoms with Crippen molar-refractivity contribution < 1.29 is 9.53 Å². The lowest BCUT2D eigenvalue weighted by Gasteiger charge is -2.11. The summed E-state index contributed by atoms with van der Waals surface area (Å²) in [5, 5.41) is 1.71. The van der Waals surface area contributed by atoms with E-state index in [9.17, 15) is 4.79 Å². The molecule has 0 amide bonds. The van der Waals surface area contributed by atoms with E-state index in [2.05, 4.69) is 4.98 Å². The number of benzene rings is 1. The average molecular weight is 222 g/mol. The highest BCUT2D eigenvalue weighted by Gasteiger charge is 2.23. The lowest BCUT2D eigenvalue weighted by atomic mass is 10.1. The van der Waals surface area contributed by atoms with E-state index in [1.165, 1.54) is 0 Å². The van der Waals surface area contributed by atoms with Gasteiger partial charge in [0.15, 0.2) is 0 Å². The van der Waals surface area contributed by atoms with Gasteiger partial charge >= 0.3 is 5.97 Å². The van der Waals surface area contributed by atoms with Crippen LogP contribution < -0.4 is 0 Å². The number of ether oxygens (including phenoxy) is 1. The first-order valence-electron chi connectivity index (χ1n) is 4.73. The Morgan fingerprint density at radius 1 is 1.40 bits per heavy atom. The van der Waals surface area contributed by atoms with Crippen LogP contribution in [0.2, 0.25) is 5.02 Å². The Balaban J connectivity index is 2.36. The number of cyclic esters (lactones) is 1. The molecule has 1 aliphatic rings. The molecule has 0 fully saturated rings. The number of aromatic amines is 1. The average Bonchev–Trinajstić information content (AvgIpc) is 2.58. The van der Waals surface area contributed by atoms with Crippen LogP contribution in [0.1, 0.15) is 16.1 Å². The quantitative estimate of drug-likeness (QED) is 0.695. The zero-order chi connectivity index (χ0) is 10.4. The first-order valence-corrected chi connectivity index (χ1v) is 5.11. The topological polar surface area (TPSA) is 42.1 Å². The van der Waals surface area contributed by atoms with Gasteiger partial charge in [0, 0.05) is 22.3 Å². The first kappa shape index (κ1) is 8.80. The number of esters is 1. The van der Waals surface area contributed by atoms with E-state index in [4.69, 9.17) is 16.3 Å². The summed E-state index contributed by atoms with van der Waals surface area (Å²) in [6.07, 6.45) is 0.751. The van der Waals surface area contributed by atoms with Gasteiger partial charge in [-0.25, -0.2) is 4.79 Å². The molecule has 2 aromatic rings. The smallest absolute Gasteiger partial charge is 0.355 e. The molecule has 0 radical (unpaired) electrons.